The van der Waals surface area contributed by atoms with Crippen LogP contribution in [0.5, 0.6) is 0 Å². The van der Waals surface area contributed by atoms with Crippen molar-refractivity contribution in [3.05, 3.63) is 33.9 Å². The number of hydrogen-bond acceptors (Lipinski definition) is 5. The first kappa shape index (κ1) is 19.1. The third kappa shape index (κ3) is 4.04. The van der Waals surface area contributed by atoms with E-state index in [1.165, 1.54) is 4.90 Å². The van der Waals surface area contributed by atoms with Gasteiger partial charge in [0.2, 0.25) is 11.8 Å². The molecule has 0 aromatic heterocycles. The predicted molar refractivity (Wildman–Crippen MR) is 88.9 cm³/mol. The zero-order valence-corrected chi connectivity index (χ0v) is 14.3. The highest BCUT2D eigenvalue weighted by molar-refractivity contribution is 6.02. The molecule has 1 aliphatic heterocycles. The summed E-state index contributed by atoms with van der Waals surface area (Å²) in [5, 5.41) is 13.6. The molecular formula is C17H18F3N3O4. The van der Waals surface area contributed by atoms with Crippen molar-refractivity contribution in [2.24, 2.45) is 0 Å². The van der Waals surface area contributed by atoms with Gasteiger partial charge in [-0.05, 0) is 31.7 Å². The molecule has 1 N–H and O–H groups in total. The molecule has 0 bridgehead atoms. The second kappa shape index (κ2) is 7.16. The fourth-order valence-corrected chi connectivity index (χ4v) is 3.71. The average Bonchev–Trinajstić information content (AvgIpc) is 2.93. The highest BCUT2D eigenvalue weighted by Gasteiger charge is 2.38. The minimum absolute atomic E-state index is 0.189. The normalized spacial score (nSPS) is 23.6. The minimum Gasteiger partial charge on any atom is -0.382 e. The molecule has 1 saturated heterocycles. The quantitative estimate of drug-likeness (QED) is 0.487. The van der Waals surface area contributed by atoms with E-state index in [0.29, 0.717) is 31.7 Å². The van der Waals surface area contributed by atoms with Crippen molar-refractivity contribution in [3.63, 3.8) is 0 Å². The van der Waals surface area contributed by atoms with Gasteiger partial charge in [0.25, 0.3) is 5.69 Å². The van der Waals surface area contributed by atoms with Crippen LogP contribution in [0.2, 0.25) is 0 Å². The molecule has 1 aromatic carbocycles. The van der Waals surface area contributed by atoms with Crippen LogP contribution in [-0.4, -0.2) is 33.7 Å². The number of nitrogens with zero attached hydrogens (tertiary/aromatic N) is 2. The molecule has 2 fully saturated rings. The maximum absolute atomic E-state index is 13.3. The lowest BCUT2D eigenvalue weighted by Gasteiger charge is -2.34. The number of carbonyl (C=O) groups is 2. The van der Waals surface area contributed by atoms with Gasteiger partial charge in [-0.3, -0.25) is 24.6 Å². The largest absolute Gasteiger partial charge is 0.418 e. The van der Waals surface area contributed by atoms with Gasteiger partial charge in [0.1, 0.15) is 0 Å². The molecule has 1 heterocycles. The summed E-state index contributed by atoms with van der Waals surface area (Å²) >= 11 is 0. The Morgan fingerprint density at radius 2 is 1.67 bits per heavy atom. The van der Waals surface area contributed by atoms with Crippen molar-refractivity contribution in [1.29, 1.82) is 0 Å². The van der Waals surface area contributed by atoms with E-state index in [0.717, 1.165) is 12.1 Å². The van der Waals surface area contributed by atoms with Gasteiger partial charge in [-0.15, -0.1) is 0 Å². The van der Waals surface area contributed by atoms with Crippen LogP contribution >= 0.6 is 0 Å². The van der Waals surface area contributed by atoms with E-state index in [1.54, 1.807) is 0 Å². The van der Waals surface area contributed by atoms with E-state index in [2.05, 4.69) is 5.32 Å². The van der Waals surface area contributed by atoms with Crippen LogP contribution in [0, 0.1) is 10.1 Å². The van der Waals surface area contributed by atoms with Crippen molar-refractivity contribution >= 4 is 23.2 Å². The molecule has 1 aromatic rings. The first-order valence-corrected chi connectivity index (χ1v) is 8.64. The van der Waals surface area contributed by atoms with Gasteiger partial charge in [0.15, 0.2) is 0 Å². The van der Waals surface area contributed by atoms with Gasteiger partial charge in [-0.1, -0.05) is 0 Å². The van der Waals surface area contributed by atoms with Crippen molar-refractivity contribution in [2.45, 2.75) is 56.8 Å². The Morgan fingerprint density at radius 1 is 1.07 bits per heavy atom. The van der Waals surface area contributed by atoms with Crippen LogP contribution in [0.3, 0.4) is 0 Å². The minimum atomic E-state index is -4.72. The molecule has 3 rings (SSSR count). The Bertz CT molecular complexity index is 757. The molecule has 146 valence electrons. The van der Waals surface area contributed by atoms with Gasteiger partial charge in [-0.25, -0.2) is 0 Å². The van der Waals surface area contributed by atoms with Gasteiger partial charge >= 0.3 is 6.18 Å². The lowest BCUT2D eigenvalue weighted by Crippen LogP contribution is -2.43. The lowest BCUT2D eigenvalue weighted by molar-refractivity contribution is -0.385. The molecule has 0 radical (unpaired) electrons. The van der Waals surface area contributed by atoms with Crippen LogP contribution in [0.4, 0.5) is 24.5 Å². The number of halogens is 3. The molecule has 1 saturated carbocycles. The first-order chi connectivity index (χ1) is 12.7. The number of alkyl halides is 3. The van der Waals surface area contributed by atoms with E-state index in [9.17, 15) is 32.9 Å². The summed E-state index contributed by atoms with van der Waals surface area (Å²) in [5.41, 5.74) is -1.91. The number of rotatable bonds is 4. The Kier molecular flexibility index (Phi) is 5.07. The molecular weight excluding hydrogens is 367 g/mol. The molecule has 7 nitrogen and oxygen atoms in total. The second-order valence-electron chi connectivity index (χ2n) is 6.79. The number of carbonyl (C=O) groups excluding carboxylic acids is 2. The summed E-state index contributed by atoms with van der Waals surface area (Å²) in [4.78, 5) is 34.8. The number of imide groups is 1. The van der Waals surface area contributed by atoms with Gasteiger partial charge in [0, 0.05) is 42.7 Å². The van der Waals surface area contributed by atoms with Crippen LogP contribution in [0.1, 0.15) is 44.1 Å². The first-order valence-electron chi connectivity index (χ1n) is 8.64. The number of benzene rings is 1. The third-order valence-electron chi connectivity index (χ3n) is 5.03. The maximum Gasteiger partial charge on any atom is 0.418 e. The summed E-state index contributed by atoms with van der Waals surface area (Å²) < 4.78 is 39.8. The Hall–Kier alpha value is -2.65. The summed E-state index contributed by atoms with van der Waals surface area (Å²) in [6.07, 6.45) is -2.26. The molecule has 10 heteroatoms. The van der Waals surface area contributed by atoms with E-state index in [-0.39, 0.29) is 42.4 Å². The Morgan fingerprint density at radius 3 is 2.19 bits per heavy atom. The number of nitrogens with one attached hydrogen (secondary N) is 1. The standard InChI is InChI=1S/C17H18F3N3O4/c18-17(19,20)13-9-12(23(26)27)5-6-14(13)21-10-1-3-11(4-2-10)22-15(24)7-8-16(22)25/h5-6,9-11,21H,1-4,7-8H2. The number of nitro groups is 1. The SMILES string of the molecule is O=C1CCC(=O)N1C1CCC(Nc2ccc([N+](=O)[O-])cc2C(F)(F)F)CC1. The van der Waals surface area contributed by atoms with E-state index in [4.69, 9.17) is 0 Å². The number of amides is 2. The van der Waals surface area contributed by atoms with Crippen molar-refractivity contribution in [3.8, 4) is 0 Å². The average molecular weight is 385 g/mol. The van der Waals surface area contributed by atoms with E-state index >= 15 is 0 Å². The molecule has 0 spiro atoms. The van der Waals surface area contributed by atoms with Crippen molar-refractivity contribution in [2.75, 3.05) is 5.32 Å². The number of anilines is 1. The summed E-state index contributed by atoms with van der Waals surface area (Å²) in [7, 11) is 0. The molecule has 0 atom stereocenters. The van der Waals surface area contributed by atoms with E-state index < -0.39 is 22.4 Å². The monoisotopic (exact) mass is 385 g/mol. The van der Waals surface area contributed by atoms with Crippen LogP contribution < -0.4 is 5.32 Å². The number of likely N-dealkylation sites (tertiary alicyclic amines) is 1. The smallest absolute Gasteiger partial charge is 0.382 e. The van der Waals surface area contributed by atoms with Crippen LogP contribution in [-0.2, 0) is 15.8 Å². The number of hydrogen-bond donors (Lipinski definition) is 1. The fraction of sp³-hybridized carbons (Fsp3) is 0.529. The van der Waals surface area contributed by atoms with Crippen molar-refractivity contribution in [1.82, 2.24) is 4.90 Å². The fourth-order valence-electron chi connectivity index (χ4n) is 3.71. The highest BCUT2D eigenvalue weighted by atomic mass is 19.4. The van der Waals surface area contributed by atoms with Gasteiger partial charge < -0.3 is 5.32 Å². The van der Waals surface area contributed by atoms with E-state index in [1.807, 2.05) is 0 Å². The Labute approximate surface area is 152 Å². The van der Waals surface area contributed by atoms with Crippen LogP contribution in [0.25, 0.3) is 0 Å². The van der Waals surface area contributed by atoms with Crippen LogP contribution in [0.15, 0.2) is 18.2 Å². The topological polar surface area (TPSA) is 92.6 Å². The lowest BCUT2D eigenvalue weighted by atomic mass is 9.90. The maximum atomic E-state index is 13.3. The molecule has 0 unspecified atom stereocenters. The second-order valence-corrected chi connectivity index (χ2v) is 6.79. The molecule has 2 aliphatic rings. The zero-order valence-electron chi connectivity index (χ0n) is 14.3. The predicted octanol–water partition coefficient (Wildman–Crippen LogP) is 3.49. The van der Waals surface area contributed by atoms with Gasteiger partial charge in [-0.2, -0.15) is 13.2 Å². The number of non-ortho nitro benzene ring substituents is 1. The summed E-state index contributed by atoms with van der Waals surface area (Å²) in [6.45, 7) is 0. The molecule has 2 amide bonds. The summed E-state index contributed by atoms with van der Waals surface area (Å²) in [5.74, 6) is -0.378. The molecule has 27 heavy (non-hydrogen) atoms. The third-order valence-corrected chi connectivity index (χ3v) is 5.03. The Balaban J connectivity index is 1.69. The van der Waals surface area contributed by atoms with Gasteiger partial charge in [0.05, 0.1) is 10.5 Å². The highest BCUT2D eigenvalue weighted by Crippen LogP contribution is 2.38. The summed E-state index contributed by atoms with van der Waals surface area (Å²) in [6, 6.07) is 2.15. The van der Waals surface area contributed by atoms with Crippen molar-refractivity contribution < 1.29 is 27.7 Å². The number of nitro benzene ring substituents is 1. The molecule has 1 aliphatic carbocycles. The zero-order chi connectivity index (χ0) is 19.8.